The highest BCUT2D eigenvalue weighted by molar-refractivity contribution is 5.32. The van der Waals surface area contributed by atoms with Crippen LogP contribution >= 0.6 is 0 Å². The number of rotatable bonds is 2. The molecule has 22 heavy (non-hydrogen) atoms. The molecule has 0 heterocycles. The van der Waals surface area contributed by atoms with E-state index in [1.54, 1.807) is 6.07 Å². The first-order chi connectivity index (χ1) is 10.6. The third kappa shape index (κ3) is 3.12. The summed E-state index contributed by atoms with van der Waals surface area (Å²) in [6.07, 6.45) is 8.70. The van der Waals surface area contributed by atoms with E-state index in [0.717, 1.165) is 44.4 Å². The van der Waals surface area contributed by atoms with Crippen molar-refractivity contribution in [3.8, 4) is 5.75 Å². The van der Waals surface area contributed by atoms with Crippen molar-refractivity contribution in [3.63, 3.8) is 0 Å². The number of phenols is 1. The SMILES string of the molecule is NC1CCC(C2CCC(c3ccc(O)c(F)c3F)CC2)CC1. The minimum absolute atomic E-state index is 0.0807. The maximum Gasteiger partial charge on any atom is 0.200 e. The lowest BCUT2D eigenvalue weighted by Crippen LogP contribution is -2.31. The molecule has 2 aliphatic rings. The minimum Gasteiger partial charge on any atom is -0.505 e. The maximum absolute atomic E-state index is 14.0. The van der Waals surface area contributed by atoms with E-state index in [4.69, 9.17) is 5.73 Å². The Morgan fingerprint density at radius 3 is 1.95 bits per heavy atom. The van der Waals surface area contributed by atoms with Crippen LogP contribution in [0.2, 0.25) is 0 Å². The number of halogens is 2. The lowest BCUT2D eigenvalue weighted by atomic mass is 9.69. The second-order valence-corrected chi connectivity index (χ2v) is 7.09. The molecule has 0 atom stereocenters. The van der Waals surface area contributed by atoms with Crippen LogP contribution in [0.5, 0.6) is 5.75 Å². The Hall–Kier alpha value is -1.16. The molecule has 4 heteroatoms. The van der Waals surface area contributed by atoms with E-state index in [-0.39, 0.29) is 5.92 Å². The van der Waals surface area contributed by atoms with E-state index in [1.165, 1.54) is 18.9 Å². The molecule has 1 aromatic rings. The van der Waals surface area contributed by atoms with Gasteiger partial charge in [0.2, 0.25) is 5.82 Å². The summed E-state index contributed by atoms with van der Waals surface area (Å²) in [6.45, 7) is 0. The third-order valence-electron chi connectivity index (χ3n) is 5.79. The zero-order chi connectivity index (χ0) is 15.7. The topological polar surface area (TPSA) is 46.2 Å². The monoisotopic (exact) mass is 309 g/mol. The summed E-state index contributed by atoms with van der Waals surface area (Å²) in [6, 6.07) is 3.18. The predicted molar refractivity (Wildman–Crippen MR) is 82.7 cm³/mol. The fourth-order valence-electron chi connectivity index (χ4n) is 4.39. The zero-order valence-electron chi connectivity index (χ0n) is 12.9. The molecule has 0 amide bonds. The van der Waals surface area contributed by atoms with Crippen LogP contribution in [0.25, 0.3) is 0 Å². The van der Waals surface area contributed by atoms with E-state index in [9.17, 15) is 13.9 Å². The van der Waals surface area contributed by atoms with Gasteiger partial charge in [-0.2, -0.15) is 4.39 Å². The zero-order valence-corrected chi connectivity index (χ0v) is 12.9. The molecular formula is C18H25F2NO. The number of benzene rings is 1. The molecule has 3 rings (SSSR count). The molecule has 0 bridgehead atoms. The van der Waals surface area contributed by atoms with Crippen LogP contribution in [-0.4, -0.2) is 11.1 Å². The van der Waals surface area contributed by atoms with Crippen molar-refractivity contribution in [2.45, 2.75) is 63.3 Å². The van der Waals surface area contributed by atoms with Gasteiger partial charge in [-0.3, -0.25) is 0 Å². The summed E-state index contributed by atoms with van der Waals surface area (Å²) in [5, 5.41) is 9.23. The third-order valence-corrected chi connectivity index (χ3v) is 5.79. The smallest absolute Gasteiger partial charge is 0.200 e. The number of hydrogen-bond donors (Lipinski definition) is 2. The van der Waals surface area contributed by atoms with Gasteiger partial charge >= 0.3 is 0 Å². The largest absolute Gasteiger partial charge is 0.505 e. The first kappa shape index (κ1) is 15.7. The normalized spacial score (nSPS) is 32.9. The standard InChI is InChI=1S/C18H25F2NO/c19-17-15(9-10-16(22)18(17)20)13-3-1-11(2-4-13)12-5-7-14(21)8-6-12/h9-14,22H,1-8,21H2. The van der Waals surface area contributed by atoms with Gasteiger partial charge in [-0.1, -0.05) is 6.07 Å². The van der Waals surface area contributed by atoms with Gasteiger partial charge < -0.3 is 10.8 Å². The molecular weight excluding hydrogens is 284 g/mol. The number of aromatic hydroxyl groups is 1. The van der Waals surface area contributed by atoms with Crippen molar-refractivity contribution in [2.75, 3.05) is 0 Å². The molecule has 2 fully saturated rings. The summed E-state index contributed by atoms with van der Waals surface area (Å²) >= 11 is 0. The lowest BCUT2D eigenvalue weighted by Gasteiger charge is -2.37. The minimum atomic E-state index is -1.11. The van der Waals surface area contributed by atoms with E-state index in [0.29, 0.717) is 17.5 Å². The fourth-order valence-corrected chi connectivity index (χ4v) is 4.39. The Morgan fingerprint density at radius 1 is 0.818 bits per heavy atom. The highest BCUT2D eigenvalue weighted by Gasteiger charge is 2.31. The van der Waals surface area contributed by atoms with Crippen molar-refractivity contribution < 1.29 is 13.9 Å². The van der Waals surface area contributed by atoms with E-state index in [1.807, 2.05) is 0 Å². The Balaban J connectivity index is 1.61. The van der Waals surface area contributed by atoms with Crippen molar-refractivity contribution in [3.05, 3.63) is 29.3 Å². The fraction of sp³-hybridized carbons (Fsp3) is 0.667. The summed E-state index contributed by atoms with van der Waals surface area (Å²) in [5.74, 6) is -1.02. The van der Waals surface area contributed by atoms with Gasteiger partial charge in [0.05, 0.1) is 0 Å². The second-order valence-electron chi connectivity index (χ2n) is 7.09. The molecule has 3 N–H and O–H groups in total. The maximum atomic E-state index is 14.0. The van der Waals surface area contributed by atoms with Crippen molar-refractivity contribution in [1.29, 1.82) is 0 Å². The van der Waals surface area contributed by atoms with Crippen molar-refractivity contribution >= 4 is 0 Å². The lowest BCUT2D eigenvalue weighted by molar-refractivity contribution is 0.176. The molecule has 0 unspecified atom stereocenters. The van der Waals surface area contributed by atoms with Gasteiger partial charge in [-0.05, 0) is 80.8 Å². The Bertz CT molecular complexity index is 518. The molecule has 122 valence electrons. The Morgan fingerprint density at radius 2 is 1.36 bits per heavy atom. The summed E-state index contributed by atoms with van der Waals surface area (Å²) in [7, 11) is 0. The highest BCUT2D eigenvalue weighted by atomic mass is 19.2. The molecule has 0 aromatic heterocycles. The number of phenolic OH excluding ortho intramolecular Hbond substituents is 1. The molecule has 2 saturated carbocycles. The summed E-state index contributed by atoms with van der Waals surface area (Å²) in [5.41, 5.74) is 6.40. The average molecular weight is 309 g/mol. The molecule has 1 aromatic carbocycles. The quantitative estimate of drug-likeness (QED) is 0.847. The molecule has 2 nitrogen and oxygen atoms in total. The number of nitrogens with two attached hydrogens (primary N) is 1. The van der Waals surface area contributed by atoms with Crippen LogP contribution in [-0.2, 0) is 0 Å². The van der Waals surface area contributed by atoms with Gasteiger partial charge in [-0.25, -0.2) is 4.39 Å². The van der Waals surface area contributed by atoms with Crippen molar-refractivity contribution in [2.24, 2.45) is 17.6 Å². The van der Waals surface area contributed by atoms with Gasteiger partial charge in [0, 0.05) is 6.04 Å². The van der Waals surface area contributed by atoms with Crippen LogP contribution in [0, 0.1) is 23.5 Å². The molecule has 2 aliphatic carbocycles. The van der Waals surface area contributed by atoms with Crippen LogP contribution in [0.3, 0.4) is 0 Å². The van der Waals surface area contributed by atoms with Crippen LogP contribution < -0.4 is 5.73 Å². The highest BCUT2D eigenvalue weighted by Crippen LogP contribution is 2.43. The van der Waals surface area contributed by atoms with E-state index < -0.39 is 17.4 Å². The second kappa shape index (κ2) is 6.53. The molecule has 0 aliphatic heterocycles. The van der Waals surface area contributed by atoms with Gasteiger partial charge in [0.15, 0.2) is 11.6 Å². The van der Waals surface area contributed by atoms with Crippen LogP contribution in [0.4, 0.5) is 8.78 Å². The van der Waals surface area contributed by atoms with Gasteiger partial charge in [0.25, 0.3) is 0 Å². The van der Waals surface area contributed by atoms with E-state index in [2.05, 4.69) is 0 Å². The van der Waals surface area contributed by atoms with Gasteiger partial charge in [-0.15, -0.1) is 0 Å². The van der Waals surface area contributed by atoms with Crippen molar-refractivity contribution in [1.82, 2.24) is 0 Å². The molecule has 0 spiro atoms. The summed E-state index contributed by atoms with van der Waals surface area (Å²) < 4.78 is 27.5. The molecule has 0 saturated heterocycles. The average Bonchev–Trinajstić information content (AvgIpc) is 2.54. The first-order valence-electron chi connectivity index (χ1n) is 8.48. The Kier molecular flexibility index (Phi) is 4.67. The van der Waals surface area contributed by atoms with Crippen LogP contribution in [0.15, 0.2) is 12.1 Å². The van der Waals surface area contributed by atoms with Gasteiger partial charge in [0.1, 0.15) is 0 Å². The Labute approximate surface area is 130 Å². The first-order valence-corrected chi connectivity index (χ1v) is 8.48. The van der Waals surface area contributed by atoms with Crippen LogP contribution in [0.1, 0.15) is 62.8 Å². The van der Waals surface area contributed by atoms with E-state index >= 15 is 0 Å². The molecule has 0 radical (unpaired) electrons. The predicted octanol–water partition coefficient (Wildman–Crippen LogP) is 4.46. The number of hydrogen-bond acceptors (Lipinski definition) is 2. The summed E-state index contributed by atoms with van der Waals surface area (Å²) in [4.78, 5) is 0.